The maximum atomic E-state index is 5.82. The number of fused-ring (bicyclic) bond motifs is 1. The second kappa shape index (κ2) is 2.30. The first-order valence-corrected chi connectivity index (χ1v) is 3.87. The Morgan fingerprint density at radius 3 is 3.00 bits per heavy atom. The van der Waals surface area contributed by atoms with Gasteiger partial charge in [-0.25, -0.2) is 0 Å². The van der Waals surface area contributed by atoms with Crippen LogP contribution in [0.4, 0.5) is 5.69 Å². The molecule has 1 nitrogen and oxygen atoms in total. The molecule has 54 valence electrons. The van der Waals surface area contributed by atoms with Crippen LogP contribution >= 0.6 is 0 Å². The van der Waals surface area contributed by atoms with Gasteiger partial charge in [0.25, 0.3) is 0 Å². The zero-order valence-corrected chi connectivity index (χ0v) is 6.67. The van der Waals surface area contributed by atoms with Crippen molar-refractivity contribution in [3.05, 3.63) is 23.8 Å². The molecule has 0 atom stereocenters. The van der Waals surface area contributed by atoms with Crippen LogP contribution in [-0.4, -0.2) is 21.4 Å². The molecule has 2 rings (SSSR count). The van der Waals surface area contributed by atoms with Crippen LogP contribution in [0.15, 0.2) is 18.2 Å². The van der Waals surface area contributed by atoms with Crippen LogP contribution in [0.25, 0.3) is 0 Å². The predicted octanol–water partition coefficient (Wildman–Crippen LogP) is 0.473. The molecular weight excluding hydrogens is 133 g/mol. The summed E-state index contributed by atoms with van der Waals surface area (Å²) in [5, 5.41) is 0. The number of para-hydroxylation sites is 1. The molecule has 1 heterocycles. The van der Waals surface area contributed by atoms with Crippen molar-refractivity contribution in [1.82, 2.24) is 0 Å². The third-order valence-corrected chi connectivity index (χ3v) is 2.25. The molecule has 1 aliphatic heterocycles. The van der Waals surface area contributed by atoms with Gasteiger partial charge in [-0.1, -0.05) is 23.7 Å². The Morgan fingerprint density at radius 2 is 2.27 bits per heavy atom. The number of benzene rings is 1. The van der Waals surface area contributed by atoms with Crippen molar-refractivity contribution in [3.8, 4) is 0 Å². The van der Waals surface area contributed by atoms with E-state index >= 15 is 0 Å². The van der Waals surface area contributed by atoms with Crippen molar-refractivity contribution in [1.29, 1.82) is 0 Å². The molecule has 0 spiro atoms. The normalized spacial score (nSPS) is 15.2. The van der Waals surface area contributed by atoms with Gasteiger partial charge in [-0.15, -0.1) is 0 Å². The Labute approximate surface area is 68.4 Å². The molecule has 0 aliphatic carbocycles. The Kier molecular flexibility index (Phi) is 1.41. The van der Waals surface area contributed by atoms with Crippen LogP contribution < -0.4 is 10.4 Å². The summed E-state index contributed by atoms with van der Waals surface area (Å²) < 4.78 is 0. The average Bonchev–Trinajstić information content (AvgIpc) is 2.34. The molecule has 2 radical (unpaired) electrons. The van der Waals surface area contributed by atoms with E-state index in [9.17, 15) is 0 Å². The first-order valence-electron chi connectivity index (χ1n) is 3.87. The van der Waals surface area contributed by atoms with E-state index in [0.29, 0.717) is 0 Å². The summed E-state index contributed by atoms with van der Waals surface area (Å²) in [6, 6.07) is 6.13. The lowest BCUT2D eigenvalue weighted by Gasteiger charge is -2.14. The highest BCUT2D eigenvalue weighted by atomic mass is 15.1. The second-order valence-electron chi connectivity index (χ2n) is 3.03. The highest BCUT2D eigenvalue weighted by Crippen LogP contribution is 2.23. The van der Waals surface area contributed by atoms with Gasteiger partial charge >= 0.3 is 0 Å². The van der Waals surface area contributed by atoms with Crippen molar-refractivity contribution in [2.75, 3.05) is 18.5 Å². The van der Waals surface area contributed by atoms with Gasteiger partial charge in [0.2, 0.25) is 0 Å². The first-order chi connectivity index (χ1) is 5.29. The number of nitrogens with zero attached hydrogens (tertiary/aromatic N) is 1. The summed E-state index contributed by atoms with van der Waals surface area (Å²) in [5.41, 5.74) is 3.52. The lowest BCUT2D eigenvalue weighted by molar-refractivity contribution is 0.957. The Balaban J connectivity index is 2.58. The van der Waals surface area contributed by atoms with Crippen molar-refractivity contribution in [2.24, 2.45) is 0 Å². The SMILES string of the molecule is [B]c1cccc2c1N(C)CC2. The molecule has 0 amide bonds. The number of hydrogen-bond donors (Lipinski definition) is 0. The first kappa shape index (κ1) is 6.77. The monoisotopic (exact) mass is 143 g/mol. The minimum atomic E-state index is 0.905. The zero-order valence-electron chi connectivity index (χ0n) is 6.67. The van der Waals surface area contributed by atoms with Crippen LogP contribution in [0.3, 0.4) is 0 Å². The van der Waals surface area contributed by atoms with Gasteiger partial charge in [-0.2, -0.15) is 0 Å². The molecule has 2 heteroatoms. The highest BCUT2D eigenvalue weighted by Gasteiger charge is 2.15. The van der Waals surface area contributed by atoms with Crippen molar-refractivity contribution in [3.63, 3.8) is 0 Å². The van der Waals surface area contributed by atoms with Gasteiger partial charge in [-0.05, 0) is 12.0 Å². The van der Waals surface area contributed by atoms with Crippen molar-refractivity contribution < 1.29 is 0 Å². The minimum absolute atomic E-state index is 0.905. The second-order valence-corrected chi connectivity index (χ2v) is 3.03. The van der Waals surface area contributed by atoms with Crippen LogP contribution in [0, 0.1) is 0 Å². The molecule has 0 aromatic heterocycles. The maximum absolute atomic E-state index is 5.82. The van der Waals surface area contributed by atoms with Crippen LogP contribution in [0.2, 0.25) is 0 Å². The fourth-order valence-electron chi connectivity index (χ4n) is 1.68. The quantitative estimate of drug-likeness (QED) is 0.477. The fraction of sp³-hybridized carbons (Fsp3) is 0.333. The molecule has 11 heavy (non-hydrogen) atoms. The number of rotatable bonds is 0. The summed E-state index contributed by atoms with van der Waals surface area (Å²) in [7, 11) is 7.91. The molecule has 0 saturated heterocycles. The molecule has 1 aromatic carbocycles. The number of likely N-dealkylation sites (N-methyl/N-ethyl adjacent to an activating group) is 1. The highest BCUT2D eigenvalue weighted by molar-refractivity contribution is 6.36. The summed E-state index contributed by atoms with van der Waals surface area (Å²) in [5.74, 6) is 0. The van der Waals surface area contributed by atoms with Gasteiger partial charge in [0, 0.05) is 19.3 Å². The zero-order chi connectivity index (χ0) is 7.84. The molecule has 1 aliphatic rings. The average molecular weight is 143 g/mol. The van der Waals surface area contributed by atoms with E-state index in [1.165, 1.54) is 11.3 Å². The van der Waals surface area contributed by atoms with Gasteiger partial charge in [0.15, 0.2) is 0 Å². The van der Waals surface area contributed by atoms with Gasteiger partial charge in [0.05, 0.1) is 0 Å². The minimum Gasteiger partial charge on any atom is -0.375 e. The molecule has 0 N–H and O–H groups in total. The maximum Gasteiger partial charge on any atom is 0.116 e. The van der Waals surface area contributed by atoms with Crippen LogP contribution in [0.5, 0.6) is 0 Å². The molecule has 0 bridgehead atoms. The molecule has 0 fully saturated rings. The van der Waals surface area contributed by atoms with Crippen molar-refractivity contribution in [2.45, 2.75) is 6.42 Å². The van der Waals surface area contributed by atoms with Gasteiger partial charge in [0.1, 0.15) is 7.85 Å². The third kappa shape index (κ3) is 0.935. The van der Waals surface area contributed by atoms with Crippen LogP contribution in [-0.2, 0) is 6.42 Å². The molecular formula is C9H10BN. The molecule has 1 aromatic rings. The third-order valence-electron chi connectivity index (χ3n) is 2.25. The summed E-state index contributed by atoms with van der Waals surface area (Å²) >= 11 is 0. The van der Waals surface area contributed by atoms with Crippen molar-refractivity contribution >= 4 is 19.0 Å². The van der Waals surface area contributed by atoms with E-state index in [2.05, 4.69) is 18.0 Å². The van der Waals surface area contributed by atoms with E-state index in [1.54, 1.807) is 0 Å². The smallest absolute Gasteiger partial charge is 0.116 e. The Hall–Kier alpha value is -0.915. The Bertz CT molecular complexity index is 283. The fourth-order valence-corrected chi connectivity index (χ4v) is 1.68. The van der Waals surface area contributed by atoms with E-state index in [1.807, 2.05) is 12.1 Å². The van der Waals surface area contributed by atoms with Gasteiger partial charge in [-0.3, -0.25) is 0 Å². The lowest BCUT2D eigenvalue weighted by atomic mass is 9.92. The molecule has 0 unspecified atom stereocenters. The van der Waals surface area contributed by atoms with E-state index in [0.717, 1.165) is 18.4 Å². The largest absolute Gasteiger partial charge is 0.375 e. The molecule has 0 saturated carbocycles. The van der Waals surface area contributed by atoms with E-state index in [-0.39, 0.29) is 0 Å². The lowest BCUT2D eigenvalue weighted by Crippen LogP contribution is -2.19. The summed E-state index contributed by atoms with van der Waals surface area (Å²) in [6.07, 6.45) is 1.14. The van der Waals surface area contributed by atoms with Crippen LogP contribution in [0.1, 0.15) is 5.56 Å². The predicted molar refractivity (Wildman–Crippen MR) is 48.8 cm³/mol. The summed E-state index contributed by atoms with van der Waals surface area (Å²) in [4.78, 5) is 2.21. The number of hydrogen-bond acceptors (Lipinski definition) is 1. The van der Waals surface area contributed by atoms with E-state index < -0.39 is 0 Å². The Morgan fingerprint density at radius 1 is 1.45 bits per heavy atom. The van der Waals surface area contributed by atoms with Gasteiger partial charge < -0.3 is 4.90 Å². The number of anilines is 1. The summed E-state index contributed by atoms with van der Waals surface area (Å²) in [6.45, 7) is 1.10. The standard InChI is InChI=1S/C9H10BN/c1-11-6-5-7-3-2-4-8(10)9(7)11/h2-4H,5-6H2,1H3. The van der Waals surface area contributed by atoms with E-state index in [4.69, 9.17) is 7.85 Å². The topological polar surface area (TPSA) is 3.24 Å².